The van der Waals surface area contributed by atoms with Gasteiger partial charge in [-0.15, -0.1) is 0 Å². The molecule has 1 aromatic carbocycles. The molecule has 1 saturated heterocycles. The van der Waals surface area contributed by atoms with Crippen LogP contribution in [0.25, 0.3) is 0 Å². The standard InChI is InChI=1S/C20H27NO4/c1-15(2)10-12-25-18-7-3-6-17(13-18)20(24)21-11-4-5-16(14-21)8-9-19(22)23/h3,6-7,10,13,16H,4-5,8-9,11-12,14H2,1-2H3,(H,22,23). The summed E-state index contributed by atoms with van der Waals surface area (Å²) in [6.45, 7) is 5.88. The molecular formula is C20H27NO4. The number of carboxylic acids is 1. The third-order valence-corrected chi connectivity index (χ3v) is 4.40. The maximum absolute atomic E-state index is 12.8. The second-order valence-corrected chi connectivity index (χ2v) is 6.81. The number of amides is 1. The van der Waals surface area contributed by atoms with E-state index in [1.165, 1.54) is 5.57 Å². The molecule has 1 N–H and O–H groups in total. The van der Waals surface area contributed by atoms with Gasteiger partial charge in [0, 0.05) is 25.1 Å². The summed E-state index contributed by atoms with van der Waals surface area (Å²) in [6.07, 6.45) is 4.70. The number of carboxylic acid groups (broad SMARTS) is 1. The van der Waals surface area contributed by atoms with Crippen LogP contribution in [0.5, 0.6) is 5.75 Å². The summed E-state index contributed by atoms with van der Waals surface area (Å²) in [6, 6.07) is 7.26. The van der Waals surface area contributed by atoms with Crippen molar-refractivity contribution in [2.45, 2.75) is 39.5 Å². The fourth-order valence-electron chi connectivity index (χ4n) is 3.02. The van der Waals surface area contributed by atoms with Gasteiger partial charge in [0.05, 0.1) is 0 Å². The highest BCUT2D eigenvalue weighted by Gasteiger charge is 2.25. The number of likely N-dealkylation sites (tertiary alicyclic amines) is 1. The largest absolute Gasteiger partial charge is 0.490 e. The zero-order valence-corrected chi connectivity index (χ0v) is 15.0. The summed E-state index contributed by atoms with van der Waals surface area (Å²) in [7, 11) is 0. The van der Waals surface area contributed by atoms with E-state index in [1.54, 1.807) is 12.1 Å². The Morgan fingerprint density at radius 1 is 1.36 bits per heavy atom. The molecular weight excluding hydrogens is 318 g/mol. The van der Waals surface area contributed by atoms with Gasteiger partial charge in [0.1, 0.15) is 12.4 Å². The van der Waals surface area contributed by atoms with Crippen molar-refractivity contribution >= 4 is 11.9 Å². The number of rotatable bonds is 7. The van der Waals surface area contributed by atoms with E-state index in [-0.39, 0.29) is 18.2 Å². The number of allylic oxidation sites excluding steroid dienone is 1. The molecule has 1 fully saturated rings. The molecule has 0 aromatic heterocycles. The highest BCUT2D eigenvalue weighted by atomic mass is 16.5. The lowest BCUT2D eigenvalue weighted by molar-refractivity contribution is -0.137. The van der Waals surface area contributed by atoms with Crippen LogP contribution in [0.15, 0.2) is 35.9 Å². The first kappa shape index (κ1) is 19.0. The topological polar surface area (TPSA) is 66.8 Å². The van der Waals surface area contributed by atoms with Crippen LogP contribution in [0.1, 0.15) is 49.9 Å². The predicted molar refractivity (Wildman–Crippen MR) is 96.9 cm³/mol. The molecule has 1 aliphatic heterocycles. The van der Waals surface area contributed by atoms with Gasteiger partial charge in [-0.25, -0.2) is 0 Å². The average molecular weight is 345 g/mol. The van der Waals surface area contributed by atoms with Crippen LogP contribution in [0.2, 0.25) is 0 Å². The molecule has 0 spiro atoms. The van der Waals surface area contributed by atoms with Crippen LogP contribution < -0.4 is 4.74 Å². The Balaban J connectivity index is 1.97. The third-order valence-electron chi connectivity index (χ3n) is 4.40. The molecule has 0 aliphatic carbocycles. The van der Waals surface area contributed by atoms with E-state index in [0.717, 1.165) is 19.4 Å². The minimum absolute atomic E-state index is 0.00677. The minimum Gasteiger partial charge on any atom is -0.490 e. The zero-order chi connectivity index (χ0) is 18.2. The monoisotopic (exact) mass is 345 g/mol. The fraction of sp³-hybridized carbons (Fsp3) is 0.500. The normalized spacial score (nSPS) is 17.0. The molecule has 5 nitrogen and oxygen atoms in total. The SMILES string of the molecule is CC(C)=CCOc1cccc(C(=O)N2CCCC(CCC(=O)O)C2)c1. The first-order valence-electron chi connectivity index (χ1n) is 8.83. The van der Waals surface area contributed by atoms with Crippen LogP contribution in [0.3, 0.4) is 0 Å². The molecule has 25 heavy (non-hydrogen) atoms. The number of hydrogen-bond donors (Lipinski definition) is 1. The lowest BCUT2D eigenvalue weighted by Crippen LogP contribution is -2.40. The van der Waals surface area contributed by atoms with Gasteiger partial charge in [0.15, 0.2) is 0 Å². The number of aliphatic carboxylic acids is 1. The van der Waals surface area contributed by atoms with E-state index in [9.17, 15) is 9.59 Å². The second kappa shape index (κ2) is 9.25. The first-order chi connectivity index (χ1) is 12.0. The lowest BCUT2D eigenvalue weighted by Gasteiger charge is -2.32. The van der Waals surface area contributed by atoms with Crippen molar-refractivity contribution in [1.29, 1.82) is 0 Å². The van der Waals surface area contributed by atoms with Crippen LogP contribution in [0.4, 0.5) is 0 Å². The predicted octanol–water partition coefficient (Wildman–Crippen LogP) is 3.75. The van der Waals surface area contributed by atoms with Crippen molar-refractivity contribution in [1.82, 2.24) is 4.90 Å². The number of piperidine rings is 1. The van der Waals surface area contributed by atoms with E-state index >= 15 is 0 Å². The Morgan fingerprint density at radius 2 is 2.16 bits per heavy atom. The summed E-state index contributed by atoms with van der Waals surface area (Å²) >= 11 is 0. The molecule has 0 saturated carbocycles. The Kier molecular flexibility index (Phi) is 7.04. The molecule has 0 bridgehead atoms. The molecule has 2 rings (SSSR count). The number of nitrogens with zero attached hydrogens (tertiary/aromatic N) is 1. The number of benzene rings is 1. The minimum atomic E-state index is -0.773. The van der Waals surface area contributed by atoms with Crippen LogP contribution in [0, 0.1) is 5.92 Å². The van der Waals surface area contributed by atoms with Gasteiger partial charge in [0.2, 0.25) is 0 Å². The number of carbonyl (C=O) groups excluding carboxylic acids is 1. The quantitative estimate of drug-likeness (QED) is 0.764. The summed E-state index contributed by atoms with van der Waals surface area (Å²) in [5.74, 6) is 0.172. The first-order valence-corrected chi connectivity index (χ1v) is 8.83. The fourth-order valence-corrected chi connectivity index (χ4v) is 3.02. The maximum Gasteiger partial charge on any atom is 0.303 e. The molecule has 1 aromatic rings. The highest BCUT2D eigenvalue weighted by molar-refractivity contribution is 5.94. The molecule has 1 heterocycles. The van der Waals surface area contributed by atoms with E-state index in [4.69, 9.17) is 9.84 Å². The van der Waals surface area contributed by atoms with Crippen molar-refractivity contribution in [2.75, 3.05) is 19.7 Å². The molecule has 136 valence electrons. The Hall–Kier alpha value is -2.30. The number of ether oxygens (including phenoxy) is 1. The second-order valence-electron chi connectivity index (χ2n) is 6.81. The summed E-state index contributed by atoms with van der Waals surface area (Å²) in [5.41, 5.74) is 1.81. The van der Waals surface area contributed by atoms with Crippen molar-refractivity contribution in [3.8, 4) is 5.75 Å². The van der Waals surface area contributed by atoms with Gasteiger partial charge in [0.25, 0.3) is 5.91 Å². The van der Waals surface area contributed by atoms with Gasteiger partial charge in [-0.3, -0.25) is 9.59 Å². The van der Waals surface area contributed by atoms with Crippen molar-refractivity contribution < 1.29 is 19.4 Å². The Bertz CT molecular complexity index is 634. The maximum atomic E-state index is 12.8. The lowest BCUT2D eigenvalue weighted by atomic mass is 9.93. The smallest absolute Gasteiger partial charge is 0.303 e. The summed E-state index contributed by atoms with van der Waals surface area (Å²) in [4.78, 5) is 25.3. The van der Waals surface area contributed by atoms with Gasteiger partial charge in [-0.05, 0) is 63.3 Å². The van der Waals surface area contributed by atoms with E-state index in [2.05, 4.69) is 0 Å². The van der Waals surface area contributed by atoms with Crippen molar-refractivity contribution in [2.24, 2.45) is 5.92 Å². The van der Waals surface area contributed by atoms with Crippen LogP contribution in [-0.2, 0) is 4.79 Å². The number of hydrogen-bond acceptors (Lipinski definition) is 3. The van der Waals surface area contributed by atoms with Crippen LogP contribution in [-0.4, -0.2) is 41.6 Å². The number of carbonyl (C=O) groups is 2. The van der Waals surface area contributed by atoms with Crippen molar-refractivity contribution in [3.63, 3.8) is 0 Å². The molecule has 0 radical (unpaired) electrons. The van der Waals surface area contributed by atoms with E-state index in [0.29, 0.717) is 30.9 Å². The van der Waals surface area contributed by atoms with Gasteiger partial charge < -0.3 is 14.7 Å². The zero-order valence-electron chi connectivity index (χ0n) is 15.0. The van der Waals surface area contributed by atoms with E-state index < -0.39 is 5.97 Å². The molecule has 1 amide bonds. The Labute approximate surface area is 149 Å². The van der Waals surface area contributed by atoms with Crippen LogP contribution >= 0.6 is 0 Å². The summed E-state index contributed by atoms with van der Waals surface area (Å²) < 4.78 is 5.67. The van der Waals surface area contributed by atoms with Gasteiger partial charge in [-0.1, -0.05) is 11.6 Å². The van der Waals surface area contributed by atoms with Gasteiger partial charge in [-0.2, -0.15) is 0 Å². The highest BCUT2D eigenvalue weighted by Crippen LogP contribution is 2.23. The molecule has 1 atom stereocenters. The third kappa shape index (κ3) is 6.25. The average Bonchev–Trinajstić information content (AvgIpc) is 2.59. The van der Waals surface area contributed by atoms with Crippen molar-refractivity contribution in [3.05, 3.63) is 41.5 Å². The molecule has 1 unspecified atom stereocenters. The molecule has 5 heteroatoms. The summed E-state index contributed by atoms with van der Waals surface area (Å²) in [5, 5.41) is 8.83. The Morgan fingerprint density at radius 3 is 2.88 bits per heavy atom. The molecule has 1 aliphatic rings. The van der Waals surface area contributed by atoms with E-state index in [1.807, 2.05) is 37.0 Å². The van der Waals surface area contributed by atoms with Gasteiger partial charge >= 0.3 is 5.97 Å².